The number of carbonyl (C=O) groups is 2. The number of nitrogens with zero attached hydrogens (tertiary/aromatic N) is 3. The molecule has 7 heteroatoms. The van der Waals surface area contributed by atoms with Crippen molar-refractivity contribution in [3.63, 3.8) is 0 Å². The average molecular weight is 255 g/mol. The Bertz CT molecular complexity index is 398. The van der Waals surface area contributed by atoms with Crippen LogP contribution in [0.2, 0.25) is 0 Å². The molecule has 100 valence electrons. The van der Waals surface area contributed by atoms with E-state index in [1.54, 1.807) is 27.1 Å². The van der Waals surface area contributed by atoms with Crippen molar-refractivity contribution in [3.05, 3.63) is 11.9 Å². The molecule has 1 heterocycles. The Morgan fingerprint density at radius 2 is 1.83 bits per heavy atom. The molecule has 0 radical (unpaired) electrons. The SMILES string of the molecule is CCOC(=O)C(Cc1cn(C)nn1)C(=O)OCC. The third-order valence-corrected chi connectivity index (χ3v) is 2.21. The van der Waals surface area contributed by atoms with Gasteiger partial charge in [-0.15, -0.1) is 5.10 Å². The van der Waals surface area contributed by atoms with E-state index in [-0.39, 0.29) is 19.6 Å². The maximum absolute atomic E-state index is 11.7. The zero-order valence-electron chi connectivity index (χ0n) is 10.8. The predicted molar refractivity (Wildman–Crippen MR) is 61.5 cm³/mol. The summed E-state index contributed by atoms with van der Waals surface area (Å²) in [5.74, 6) is -2.18. The third-order valence-electron chi connectivity index (χ3n) is 2.21. The molecule has 18 heavy (non-hydrogen) atoms. The van der Waals surface area contributed by atoms with E-state index < -0.39 is 17.9 Å². The van der Waals surface area contributed by atoms with Crippen LogP contribution in [0.1, 0.15) is 19.5 Å². The molecule has 0 aliphatic rings. The van der Waals surface area contributed by atoms with E-state index in [1.165, 1.54) is 4.68 Å². The Kier molecular flexibility index (Phi) is 5.29. The van der Waals surface area contributed by atoms with Crippen LogP contribution in [-0.2, 0) is 32.5 Å². The van der Waals surface area contributed by atoms with Gasteiger partial charge in [-0.1, -0.05) is 5.21 Å². The summed E-state index contributed by atoms with van der Waals surface area (Å²) in [5.41, 5.74) is 0.545. The molecule has 0 saturated heterocycles. The molecule has 0 aliphatic heterocycles. The molecule has 1 aromatic heterocycles. The van der Waals surface area contributed by atoms with Crippen molar-refractivity contribution in [2.24, 2.45) is 13.0 Å². The van der Waals surface area contributed by atoms with Crippen LogP contribution < -0.4 is 0 Å². The van der Waals surface area contributed by atoms with Crippen LogP contribution in [0.15, 0.2) is 6.20 Å². The average Bonchev–Trinajstić information content (AvgIpc) is 2.72. The van der Waals surface area contributed by atoms with E-state index in [9.17, 15) is 9.59 Å². The van der Waals surface area contributed by atoms with Crippen LogP contribution in [0, 0.1) is 5.92 Å². The minimum absolute atomic E-state index is 0.130. The van der Waals surface area contributed by atoms with E-state index in [2.05, 4.69) is 10.3 Å². The number of hydrogen-bond acceptors (Lipinski definition) is 6. The number of aryl methyl sites for hydroxylation is 1. The van der Waals surface area contributed by atoms with Crippen molar-refractivity contribution >= 4 is 11.9 Å². The summed E-state index contributed by atoms with van der Waals surface area (Å²) in [6.07, 6.45) is 1.77. The highest BCUT2D eigenvalue weighted by atomic mass is 16.6. The van der Waals surface area contributed by atoms with Gasteiger partial charge < -0.3 is 9.47 Å². The summed E-state index contributed by atoms with van der Waals surface area (Å²) >= 11 is 0. The number of hydrogen-bond donors (Lipinski definition) is 0. The first-order valence-corrected chi connectivity index (χ1v) is 5.76. The number of esters is 2. The highest BCUT2D eigenvalue weighted by Crippen LogP contribution is 2.10. The number of ether oxygens (including phenoxy) is 2. The summed E-state index contributed by atoms with van der Waals surface area (Å²) in [7, 11) is 1.71. The molecule has 0 saturated carbocycles. The van der Waals surface area contributed by atoms with Gasteiger partial charge in [0, 0.05) is 19.7 Å². The summed E-state index contributed by atoms with van der Waals surface area (Å²) < 4.78 is 11.2. The molecule has 0 fully saturated rings. The summed E-state index contributed by atoms with van der Waals surface area (Å²) in [6, 6.07) is 0. The lowest BCUT2D eigenvalue weighted by Crippen LogP contribution is -2.30. The van der Waals surface area contributed by atoms with Crippen LogP contribution in [0.5, 0.6) is 0 Å². The Morgan fingerprint density at radius 1 is 1.28 bits per heavy atom. The Hall–Kier alpha value is -1.92. The first-order valence-electron chi connectivity index (χ1n) is 5.76. The van der Waals surface area contributed by atoms with Gasteiger partial charge in [0.25, 0.3) is 0 Å². The van der Waals surface area contributed by atoms with Crippen molar-refractivity contribution in [2.45, 2.75) is 20.3 Å². The third kappa shape index (κ3) is 3.83. The van der Waals surface area contributed by atoms with Gasteiger partial charge in [-0.2, -0.15) is 0 Å². The minimum Gasteiger partial charge on any atom is -0.465 e. The second kappa shape index (κ2) is 6.73. The fourth-order valence-electron chi connectivity index (χ4n) is 1.45. The lowest BCUT2D eigenvalue weighted by molar-refractivity contribution is -0.161. The summed E-state index contributed by atoms with van der Waals surface area (Å²) in [4.78, 5) is 23.4. The monoisotopic (exact) mass is 255 g/mol. The van der Waals surface area contributed by atoms with Crippen molar-refractivity contribution in [2.75, 3.05) is 13.2 Å². The van der Waals surface area contributed by atoms with Crippen LogP contribution in [-0.4, -0.2) is 40.1 Å². The topological polar surface area (TPSA) is 83.3 Å². The number of carbonyl (C=O) groups excluding carboxylic acids is 2. The lowest BCUT2D eigenvalue weighted by atomic mass is 10.0. The van der Waals surface area contributed by atoms with Gasteiger partial charge in [0.1, 0.15) is 0 Å². The molecule has 0 aliphatic carbocycles. The molecule has 0 bridgehead atoms. The maximum atomic E-state index is 11.7. The van der Waals surface area contributed by atoms with Gasteiger partial charge in [-0.25, -0.2) is 0 Å². The zero-order valence-corrected chi connectivity index (χ0v) is 10.8. The van der Waals surface area contributed by atoms with E-state index in [4.69, 9.17) is 9.47 Å². The molecule has 1 aromatic rings. The Labute approximate surface area is 105 Å². The van der Waals surface area contributed by atoms with E-state index in [1.807, 2.05) is 0 Å². The fourth-order valence-corrected chi connectivity index (χ4v) is 1.45. The van der Waals surface area contributed by atoms with Gasteiger partial charge in [-0.3, -0.25) is 14.3 Å². The second-order valence-electron chi connectivity index (χ2n) is 3.64. The highest BCUT2D eigenvalue weighted by Gasteiger charge is 2.30. The van der Waals surface area contributed by atoms with Crippen molar-refractivity contribution in [1.29, 1.82) is 0 Å². The van der Waals surface area contributed by atoms with Crippen LogP contribution in [0.25, 0.3) is 0 Å². The van der Waals surface area contributed by atoms with E-state index in [0.29, 0.717) is 5.69 Å². The molecule has 0 N–H and O–H groups in total. The zero-order chi connectivity index (χ0) is 13.5. The molecule has 0 atom stereocenters. The first-order chi connectivity index (χ1) is 8.58. The number of aromatic nitrogens is 3. The van der Waals surface area contributed by atoms with Crippen molar-refractivity contribution < 1.29 is 19.1 Å². The van der Waals surface area contributed by atoms with Crippen molar-refractivity contribution in [3.8, 4) is 0 Å². The predicted octanol–water partition coefficient (Wildman–Crippen LogP) is 0.1000. The van der Waals surface area contributed by atoms with E-state index >= 15 is 0 Å². The van der Waals surface area contributed by atoms with Crippen LogP contribution in [0.3, 0.4) is 0 Å². The maximum Gasteiger partial charge on any atom is 0.320 e. The van der Waals surface area contributed by atoms with Gasteiger partial charge in [-0.05, 0) is 13.8 Å². The van der Waals surface area contributed by atoms with Gasteiger partial charge in [0.05, 0.1) is 18.9 Å². The standard InChI is InChI=1S/C11H17N3O4/c1-4-17-10(15)9(11(16)18-5-2)6-8-7-14(3)13-12-8/h7,9H,4-6H2,1-3H3. The minimum atomic E-state index is -0.985. The Balaban J connectivity index is 2.76. The summed E-state index contributed by atoms with van der Waals surface area (Å²) in [5, 5.41) is 7.58. The van der Waals surface area contributed by atoms with Crippen LogP contribution >= 0.6 is 0 Å². The second-order valence-corrected chi connectivity index (χ2v) is 3.64. The smallest absolute Gasteiger partial charge is 0.320 e. The molecular weight excluding hydrogens is 238 g/mol. The highest BCUT2D eigenvalue weighted by molar-refractivity contribution is 5.95. The molecule has 0 aromatic carbocycles. The van der Waals surface area contributed by atoms with Gasteiger partial charge in [0.2, 0.25) is 0 Å². The van der Waals surface area contributed by atoms with Crippen LogP contribution in [0.4, 0.5) is 0 Å². The quantitative estimate of drug-likeness (QED) is 0.529. The van der Waals surface area contributed by atoms with E-state index in [0.717, 1.165) is 0 Å². The number of rotatable bonds is 6. The normalized spacial score (nSPS) is 10.4. The molecular formula is C11H17N3O4. The van der Waals surface area contributed by atoms with Gasteiger partial charge in [0.15, 0.2) is 5.92 Å². The summed E-state index contributed by atoms with van der Waals surface area (Å²) in [6.45, 7) is 3.80. The molecule has 7 nitrogen and oxygen atoms in total. The molecule has 0 unspecified atom stereocenters. The molecule has 0 amide bonds. The molecule has 0 spiro atoms. The largest absolute Gasteiger partial charge is 0.465 e. The van der Waals surface area contributed by atoms with Gasteiger partial charge >= 0.3 is 11.9 Å². The molecule has 1 rings (SSSR count). The lowest BCUT2D eigenvalue weighted by Gasteiger charge is -2.12. The first kappa shape index (κ1) is 14.1. The van der Waals surface area contributed by atoms with Crippen molar-refractivity contribution in [1.82, 2.24) is 15.0 Å². The Morgan fingerprint density at radius 3 is 2.22 bits per heavy atom. The fraction of sp³-hybridized carbons (Fsp3) is 0.636.